The van der Waals surface area contributed by atoms with Gasteiger partial charge in [-0.15, -0.1) is 6.58 Å². The lowest BCUT2D eigenvalue weighted by molar-refractivity contribution is 0.189. The van der Waals surface area contributed by atoms with Gasteiger partial charge in [0.05, 0.1) is 39.0 Å². The highest BCUT2D eigenvalue weighted by Gasteiger charge is 2.32. The van der Waals surface area contributed by atoms with Crippen molar-refractivity contribution in [3.8, 4) is 5.75 Å². The smallest absolute Gasteiger partial charge is 0.330 e. The normalized spacial score (nSPS) is 20.8. The van der Waals surface area contributed by atoms with Crippen LogP contribution in [0.15, 0.2) is 43.1 Å². The lowest BCUT2D eigenvalue weighted by Crippen LogP contribution is -2.46. The molecule has 0 saturated carbocycles. The summed E-state index contributed by atoms with van der Waals surface area (Å²) in [5.41, 5.74) is 1.67. The van der Waals surface area contributed by atoms with Crippen molar-refractivity contribution in [2.45, 2.75) is 18.6 Å². The summed E-state index contributed by atoms with van der Waals surface area (Å²) in [5.74, 6) is 1.83. The number of carbonyl (C=O) groups excluding carboxylic acids is 1. The molecule has 0 spiro atoms. The van der Waals surface area contributed by atoms with Gasteiger partial charge in [0.2, 0.25) is 5.95 Å². The average molecular weight is 410 g/mol. The zero-order chi connectivity index (χ0) is 21.1. The van der Waals surface area contributed by atoms with E-state index in [-0.39, 0.29) is 18.1 Å². The third kappa shape index (κ3) is 3.94. The second-order valence-corrected chi connectivity index (χ2v) is 7.26. The molecule has 9 heteroatoms. The Morgan fingerprint density at radius 2 is 2.07 bits per heavy atom. The van der Waals surface area contributed by atoms with Crippen molar-refractivity contribution in [3.63, 3.8) is 0 Å². The SMILES string of the molecule is C=CCNC1COCC1Nc1ncc2c(n1)N(C)C(=O)N(c1ccc(OC)cc1)C2. The second kappa shape index (κ2) is 8.68. The van der Waals surface area contributed by atoms with Crippen LogP contribution < -0.4 is 25.2 Å². The molecule has 1 aromatic heterocycles. The first-order valence-electron chi connectivity index (χ1n) is 9.84. The number of methoxy groups -OCH3 is 1. The summed E-state index contributed by atoms with van der Waals surface area (Å²) < 4.78 is 10.8. The highest BCUT2D eigenvalue weighted by atomic mass is 16.5. The van der Waals surface area contributed by atoms with Crippen molar-refractivity contribution < 1.29 is 14.3 Å². The van der Waals surface area contributed by atoms with E-state index in [1.54, 1.807) is 30.2 Å². The number of anilines is 3. The first kappa shape index (κ1) is 20.1. The number of nitrogens with one attached hydrogen (secondary N) is 2. The van der Waals surface area contributed by atoms with Crippen LogP contribution in [0.4, 0.5) is 22.2 Å². The first-order valence-corrected chi connectivity index (χ1v) is 9.84. The Morgan fingerprint density at radius 3 is 2.80 bits per heavy atom. The fraction of sp³-hybridized carbons (Fsp3) is 0.381. The quantitative estimate of drug-likeness (QED) is 0.675. The molecule has 30 heavy (non-hydrogen) atoms. The van der Waals surface area contributed by atoms with E-state index >= 15 is 0 Å². The number of hydrogen-bond donors (Lipinski definition) is 2. The number of hydrogen-bond acceptors (Lipinski definition) is 7. The molecule has 2 aliphatic rings. The van der Waals surface area contributed by atoms with Crippen LogP contribution in [0.1, 0.15) is 5.56 Å². The zero-order valence-corrected chi connectivity index (χ0v) is 17.2. The Balaban J connectivity index is 1.52. The molecule has 1 fully saturated rings. The molecular weight excluding hydrogens is 384 g/mol. The third-order valence-corrected chi connectivity index (χ3v) is 5.31. The summed E-state index contributed by atoms with van der Waals surface area (Å²) in [6, 6.07) is 7.44. The van der Waals surface area contributed by atoms with Gasteiger partial charge in [0.25, 0.3) is 0 Å². The maximum Gasteiger partial charge on any atom is 0.330 e. The molecule has 2 N–H and O–H groups in total. The van der Waals surface area contributed by atoms with Gasteiger partial charge < -0.3 is 20.1 Å². The van der Waals surface area contributed by atoms with Crippen molar-refractivity contribution in [1.82, 2.24) is 15.3 Å². The van der Waals surface area contributed by atoms with Gasteiger partial charge in [-0.25, -0.2) is 9.78 Å². The van der Waals surface area contributed by atoms with E-state index in [0.717, 1.165) is 17.0 Å². The predicted octanol–water partition coefficient (Wildman–Crippen LogP) is 2.02. The maximum absolute atomic E-state index is 13.0. The summed E-state index contributed by atoms with van der Waals surface area (Å²) in [6.07, 6.45) is 3.59. The standard InChI is InChI=1S/C21H26N6O3/c1-4-9-22-17-12-30-13-18(17)24-20-23-10-14-11-27(21(28)26(2)19(14)25-20)15-5-7-16(29-3)8-6-15/h4-8,10,17-18,22H,1,9,11-13H2,2-3H3,(H,23,24,25). The Labute approximate surface area is 175 Å². The zero-order valence-electron chi connectivity index (χ0n) is 17.2. The Morgan fingerprint density at radius 1 is 1.30 bits per heavy atom. The molecule has 0 radical (unpaired) electrons. The Hall–Kier alpha value is -3.17. The average Bonchev–Trinajstić information content (AvgIpc) is 3.22. The molecule has 2 aliphatic heterocycles. The molecule has 2 atom stereocenters. The molecule has 4 rings (SSSR count). The molecule has 2 unspecified atom stereocenters. The van der Waals surface area contributed by atoms with E-state index in [2.05, 4.69) is 27.2 Å². The van der Waals surface area contributed by atoms with Gasteiger partial charge in [0.1, 0.15) is 11.6 Å². The molecule has 158 valence electrons. The largest absolute Gasteiger partial charge is 0.497 e. The number of aromatic nitrogens is 2. The lowest BCUT2D eigenvalue weighted by Gasteiger charge is -2.34. The van der Waals surface area contributed by atoms with Crippen LogP contribution in [-0.4, -0.2) is 62.0 Å². The van der Waals surface area contributed by atoms with E-state index in [9.17, 15) is 4.79 Å². The van der Waals surface area contributed by atoms with Crippen molar-refractivity contribution >= 4 is 23.5 Å². The Kier molecular flexibility index (Phi) is 5.82. The molecule has 1 saturated heterocycles. The monoisotopic (exact) mass is 410 g/mol. The van der Waals surface area contributed by atoms with Crippen molar-refractivity contribution in [3.05, 3.63) is 48.7 Å². The number of ether oxygens (including phenoxy) is 2. The number of rotatable bonds is 7. The van der Waals surface area contributed by atoms with Crippen LogP contribution in [0.2, 0.25) is 0 Å². The first-order chi connectivity index (χ1) is 14.6. The van der Waals surface area contributed by atoms with Crippen molar-refractivity contribution in [1.29, 1.82) is 0 Å². The molecule has 2 aromatic rings. The minimum atomic E-state index is -0.146. The summed E-state index contributed by atoms with van der Waals surface area (Å²) in [5, 5.41) is 6.70. The van der Waals surface area contributed by atoms with Gasteiger partial charge in [-0.2, -0.15) is 4.98 Å². The van der Waals surface area contributed by atoms with Crippen LogP contribution in [0.25, 0.3) is 0 Å². The summed E-state index contributed by atoms with van der Waals surface area (Å²) in [7, 11) is 3.34. The molecule has 9 nitrogen and oxygen atoms in total. The molecule has 2 amide bonds. The van der Waals surface area contributed by atoms with Crippen molar-refractivity contribution in [2.24, 2.45) is 0 Å². The van der Waals surface area contributed by atoms with Gasteiger partial charge in [-0.05, 0) is 24.3 Å². The predicted molar refractivity (Wildman–Crippen MR) is 115 cm³/mol. The van der Waals surface area contributed by atoms with Gasteiger partial charge in [-0.1, -0.05) is 6.08 Å². The molecule has 1 aromatic carbocycles. The van der Waals surface area contributed by atoms with Crippen LogP contribution in [0, 0.1) is 0 Å². The number of benzene rings is 1. The molecular formula is C21H26N6O3. The molecule has 0 bridgehead atoms. The van der Waals surface area contributed by atoms with E-state index in [1.807, 2.05) is 30.3 Å². The summed E-state index contributed by atoms with van der Waals surface area (Å²) in [4.78, 5) is 25.3. The van der Waals surface area contributed by atoms with Crippen LogP contribution in [0.3, 0.4) is 0 Å². The minimum absolute atomic E-state index is 0.0448. The van der Waals surface area contributed by atoms with Gasteiger partial charge in [0.15, 0.2) is 0 Å². The van der Waals surface area contributed by atoms with E-state index in [0.29, 0.717) is 38.1 Å². The van der Waals surface area contributed by atoms with Crippen LogP contribution in [0.5, 0.6) is 5.75 Å². The fourth-order valence-electron chi connectivity index (χ4n) is 3.64. The highest BCUT2D eigenvalue weighted by molar-refractivity contribution is 6.05. The van der Waals surface area contributed by atoms with E-state index in [1.165, 1.54) is 0 Å². The van der Waals surface area contributed by atoms with Crippen LogP contribution in [-0.2, 0) is 11.3 Å². The Bertz CT molecular complexity index is 919. The topological polar surface area (TPSA) is 91.8 Å². The number of amides is 2. The fourth-order valence-corrected chi connectivity index (χ4v) is 3.64. The molecule has 0 aliphatic carbocycles. The maximum atomic E-state index is 13.0. The third-order valence-electron chi connectivity index (χ3n) is 5.31. The molecule has 3 heterocycles. The van der Waals surface area contributed by atoms with Gasteiger partial charge in [0, 0.05) is 31.0 Å². The number of nitrogens with zero attached hydrogens (tertiary/aromatic N) is 4. The number of carbonyl (C=O) groups is 1. The van der Waals surface area contributed by atoms with Crippen molar-refractivity contribution in [2.75, 3.05) is 49.0 Å². The van der Waals surface area contributed by atoms with E-state index in [4.69, 9.17) is 9.47 Å². The van der Waals surface area contributed by atoms with Gasteiger partial charge >= 0.3 is 6.03 Å². The second-order valence-electron chi connectivity index (χ2n) is 7.26. The summed E-state index contributed by atoms with van der Waals surface area (Å²) >= 11 is 0. The summed E-state index contributed by atoms with van der Waals surface area (Å²) in [6.45, 7) is 6.02. The van der Waals surface area contributed by atoms with Crippen LogP contribution >= 0.6 is 0 Å². The lowest BCUT2D eigenvalue weighted by atomic mass is 10.1. The highest BCUT2D eigenvalue weighted by Crippen LogP contribution is 2.30. The van der Waals surface area contributed by atoms with E-state index < -0.39 is 0 Å². The minimum Gasteiger partial charge on any atom is -0.497 e. The van der Waals surface area contributed by atoms with Gasteiger partial charge in [-0.3, -0.25) is 9.80 Å². The number of urea groups is 1. The number of fused-ring (bicyclic) bond motifs is 1.